The van der Waals surface area contributed by atoms with Gasteiger partial charge >= 0.3 is 0 Å². The van der Waals surface area contributed by atoms with Gasteiger partial charge in [0, 0.05) is 15.0 Å². The highest BCUT2D eigenvalue weighted by Crippen LogP contribution is 2.39. The first-order valence-electron chi connectivity index (χ1n) is 5.93. The molecular weight excluding hydrogens is 257 g/mol. The lowest BCUT2D eigenvalue weighted by molar-refractivity contribution is 0.630. The Morgan fingerprint density at radius 2 is 1.89 bits per heavy atom. The van der Waals surface area contributed by atoms with Gasteiger partial charge in [-0.15, -0.1) is 11.3 Å². The van der Waals surface area contributed by atoms with E-state index in [9.17, 15) is 4.39 Å². The van der Waals surface area contributed by atoms with E-state index in [1.54, 1.807) is 17.4 Å². The van der Waals surface area contributed by atoms with Crippen LogP contribution < -0.4 is 0 Å². The number of hydrogen-bond donors (Lipinski definition) is 0. The van der Waals surface area contributed by atoms with Gasteiger partial charge in [0.1, 0.15) is 5.82 Å². The van der Waals surface area contributed by atoms with Gasteiger partial charge in [-0.25, -0.2) is 4.39 Å². The highest BCUT2D eigenvalue weighted by atomic mass is 32.1. The fourth-order valence-electron chi connectivity index (χ4n) is 2.20. The average molecular weight is 267 g/mol. The van der Waals surface area contributed by atoms with Crippen LogP contribution in [0.25, 0.3) is 20.5 Å². The van der Waals surface area contributed by atoms with Gasteiger partial charge in [0.25, 0.3) is 0 Å². The molecule has 0 aliphatic rings. The smallest absolute Gasteiger partial charge is 0.123 e. The second kappa shape index (κ2) is 4.83. The SMILES string of the molecule is N#CCc1c(-c2ccccc2)sc2ccc(F)cc12. The van der Waals surface area contributed by atoms with E-state index in [4.69, 9.17) is 5.26 Å². The Morgan fingerprint density at radius 1 is 1.11 bits per heavy atom. The van der Waals surface area contributed by atoms with E-state index >= 15 is 0 Å². The number of nitriles is 1. The second-order valence-corrected chi connectivity index (χ2v) is 5.30. The van der Waals surface area contributed by atoms with Gasteiger partial charge in [-0.1, -0.05) is 30.3 Å². The van der Waals surface area contributed by atoms with Crippen LogP contribution in [0.3, 0.4) is 0 Å². The van der Waals surface area contributed by atoms with Crippen molar-refractivity contribution in [3.8, 4) is 16.5 Å². The zero-order valence-electron chi connectivity index (χ0n) is 10.1. The minimum absolute atomic E-state index is 0.260. The molecule has 0 N–H and O–H groups in total. The first-order valence-corrected chi connectivity index (χ1v) is 6.74. The Balaban J connectivity index is 2.30. The van der Waals surface area contributed by atoms with E-state index in [1.165, 1.54) is 12.1 Å². The van der Waals surface area contributed by atoms with Crippen LogP contribution in [-0.4, -0.2) is 0 Å². The Bertz CT molecular complexity index is 769. The van der Waals surface area contributed by atoms with Crippen molar-refractivity contribution in [3.63, 3.8) is 0 Å². The third-order valence-corrected chi connectivity index (χ3v) is 4.31. The molecule has 19 heavy (non-hydrogen) atoms. The van der Waals surface area contributed by atoms with Crippen molar-refractivity contribution in [3.05, 3.63) is 59.9 Å². The molecular formula is C16H10FNS. The van der Waals surface area contributed by atoms with Crippen molar-refractivity contribution in [1.82, 2.24) is 0 Å². The molecule has 1 heterocycles. The molecule has 0 saturated heterocycles. The number of thiophene rings is 1. The Kier molecular flexibility index (Phi) is 3.02. The van der Waals surface area contributed by atoms with Crippen LogP contribution in [0.1, 0.15) is 5.56 Å². The molecule has 0 radical (unpaired) electrons. The minimum atomic E-state index is -0.260. The topological polar surface area (TPSA) is 23.8 Å². The molecule has 0 amide bonds. The third-order valence-electron chi connectivity index (χ3n) is 3.04. The fourth-order valence-corrected chi connectivity index (χ4v) is 3.41. The second-order valence-electron chi connectivity index (χ2n) is 4.25. The number of rotatable bonds is 2. The summed E-state index contributed by atoms with van der Waals surface area (Å²) in [6, 6.07) is 16.9. The largest absolute Gasteiger partial charge is 0.207 e. The first kappa shape index (κ1) is 11.9. The fraction of sp³-hybridized carbons (Fsp3) is 0.0625. The number of fused-ring (bicyclic) bond motifs is 1. The van der Waals surface area contributed by atoms with Gasteiger partial charge in [0.05, 0.1) is 12.5 Å². The van der Waals surface area contributed by atoms with Crippen molar-refractivity contribution in [1.29, 1.82) is 5.26 Å². The molecule has 1 nitrogen and oxygen atoms in total. The van der Waals surface area contributed by atoms with Gasteiger partial charge in [0.2, 0.25) is 0 Å². The molecule has 92 valence electrons. The van der Waals surface area contributed by atoms with Crippen LogP contribution in [0, 0.1) is 17.1 Å². The van der Waals surface area contributed by atoms with Crippen molar-refractivity contribution < 1.29 is 4.39 Å². The summed E-state index contributed by atoms with van der Waals surface area (Å²) in [4.78, 5) is 1.06. The molecule has 0 bridgehead atoms. The maximum atomic E-state index is 13.4. The van der Waals surface area contributed by atoms with Crippen LogP contribution in [0.2, 0.25) is 0 Å². The van der Waals surface area contributed by atoms with Crippen LogP contribution >= 0.6 is 11.3 Å². The van der Waals surface area contributed by atoms with Gasteiger partial charge in [0.15, 0.2) is 0 Å². The molecule has 0 atom stereocenters. The molecule has 0 aliphatic heterocycles. The number of nitrogens with zero attached hydrogens (tertiary/aromatic N) is 1. The molecule has 3 rings (SSSR count). The van der Waals surface area contributed by atoms with Crippen molar-refractivity contribution in [2.24, 2.45) is 0 Å². The third kappa shape index (κ3) is 2.11. The Hall–Kier alpha value is -2.18. The molecule has 0 fully saturated rings. The molecule has 2 aromatic carbocycles. The van der Waals surface area contributed by atoms with E-state index in [0.29, 0.717) is 6.42 Å². The Morgan fingerprint density at radius 3 is 2.63 bits per heavy atom. The average Bonchev–Trinajstić information content (AvgIpc) is 2.79. The highest BCUT2D eigenvalue weighted by molar-refractivity contribution is 7.22. The number of benzene rings is 2. The number of halogens is 1. The summed E-state index contributed by atoms with van der Waals surface area (Å²) < 4.78 is 14.4. The summed E-state index contributed by atoms with van der Waals surface area (Å²) in [5, 5.41) is 9.85. The molecule has 0 unspecified atom stereocenters. The van der Waals surface area contributed by atoms with Gasteiger partial charge in [-0.3, -0.25) is 0 Å². The summed E-state index contributed by atoms with van der Waals surface area (Å²) in [6.45, 7) is 0. The van der Waals surface area contributed by atoms with E-state index in [-0.39, 0.29) is 5.82 Å². The van der Waals surface area contributed by atoms with Crippen molar-refractivity contribution in [2.45, 2.75) is 6.42 Å². The highest BCUT2D eigenvalue weighted by Gasteiger charge is 2.13. The minimum Gasteiger partial charge on any atom is -0.207 e. The maximum Gasteiger partial charge on any atom is 0.123 e. The molecule has 3 heteroatoms. The lowest BCUT2D eigenvalue weighted by atomic mass is 10.0. The molecule has 3 aromatic rings. The molecule has 0 aliphatic carbocycles. The zero-order chi connectivity index (χ0) is 13.2. The van der Waals surface area contributed by atoms with Crippen LogP contribution in [0.15, 0.2) is 48.5 Å². The summed E-state index contributed by atoms with van der Waals surface area (Å²) >= 11 is 1.61. The van der Waals surface area contributed by atoms with E-state index in [1.807, 2.05) is 30.3 Å². The normalized spacial score (nSPS) is 10.5. The Labute approximate surface area is 114 Å². The zero-order valence-corrected chi connectivity index (χ0v) is 10.9. The van der Waals surface area contributed by atoms with Crippen LogP contribution in [0.5, 0.6) is 0 Å². The lowest BCUT2D eigenvalue weighted by Crippen LogP contribution is -1.84. The van der Waals surface area contributed by atoms with Gasteiger partial charge < -0.3 is 0 Å². The lowest BCUT2D eigenvalue weighted by Gasteiger charge is -2.00. The summed E-state index contributed by atoms with van der Waals surface area (Å²) in [5.41, 5.74) is 2.00. The summed E-state index contributed by atoms with van der Waals surface area (Å²) in [7, 11) is 0. The predicted molar refractivity (Wildman–Crippen MR) is 76.5 cm³/mol. The van der Waals surface area contributed by atoms with Crippen LogP contribution in [-0.2, 0) is 6.42 Å². The summed E-state index contributed by atoms with van der Waals surface area (Å²) in [6.07, 6.45) is 0.299. The maximum absolute atomic E-state index is 13.4. The van der Waals surface area contributed by atoms with Crippen molar-refractivity contribution >= 4 is 21.4 Å². The van der Waals surface area contributed by atoms with Crippen molar-refractivity contribution in [2.75, 3.05) is 0 Å². The van der Waals surface area contributed by atoms with E-state index in [0.717, 1.165) is 26.1 Å². The first-order chi connectivity index (χ1) is 9.29. The van der Waals surface area contributed by atoms with Gasteiger partial charge in [-0.2, -0.15) is 5.26 Å². The van der Waals surface area contributed by atoms with E-state index in [2.05, 4.69) is 6.07 Å². The van der Waals surface area contributed by atoms with Gasteiger partial charge in [-0.05, 0) is 29.3 Å². The molecule has 0 saturated carbocycles. The summed E-state index contributed by atoms with van der Waals surface area (Å²) in [5.74, 6) is -0.260. The predicted octanol–water partition coefficient (Wildman–Crippen LogP) is 4.77. The quantitative estimate of drug-likeness (QED) is 0.656. The van der Waals surface area contributed by atoms with E-state index < -0.39 is 0 Å². The monoisotopic (exact) mass is 267 g/mol. The standard InChI is InChI=1S/C16H10FNS/c17-12-6-7-15-14(10-12)13(8-9-18)16(19-15)11-4-2-1-3-5-11/h1-7,10H,8H2. The number of hydrogen-bond acceptors (Lipinski definition) is 2. The molecule has 0 spiro atoms. The molecule has 1 aromatic heterocycles. The van der Waals surface area contributed by atoms with Crippen LogP contribution in [0.4, 0.5) is 4.39 Å².